The van der Waals surface area contributed by atoms with Crippen LogP contribution < -0.4 is 0 Å². The topological polar surface area (TPSA) is 51.2 Å². The monoisotopic (exact) mass is 294 g/mol. The van der Waals surface area contributed by atoms with Crippen LogP contribution in [0.2, 0.25) is 0 Å². The van der Waals surface area contributed by atoms with Crippen LogP contribution in [-0.4, -0.2) is 17.3 Å². The van der Waals surface area contributed by atoms with Gasteiger partial charge in [0.25, 0.3) is 0 Å². The number of hydrogen-bond acceptors (Lipinski definition) is 3. The maximum Gasteiger partial charge on any atom is 0.234 e. The summed E-state index contributed by atoms with van der Waals surface area (Å²) in [6, 6.07) is 3.74. The summed E-state index contributed by atoms with van der Waals surface area (Å²) in [5.74, 6) is -0.881. The van der Waals surface area contributed by atoms with Crippen molar-refractivity contribution in [1.29, 1.82) is 0 Å². The molecule has 0 aromatic heterocycles. The van der Waals surface area contributed by atoms with E-state index in [1.165, 1.54) is 6.08 Å². The first-order valence-electron chi connectivity index (χ1n) is 7.45. The van der Waals surface area contributed by atoms with Crippen molar-refractivity contribution >= 4 is 29.5 Å². The van der Waals surface area contributed by atoms with Crippen LogP contribution in [0.15, 0.2) is 23.8 Å². The molecule has 22 heavy (non-hydrogen) atoms. The minimum absolute atomic E-state index is 0.00736. The number of benzene rings is 1. The van der Waals surface area contributed by atoms with E-state index in [-0.39, 0.29) is 11.7 Å². The maximum absolute atomic E-state index is 12.6. The van der Waals surface area contributed by atoms with Crippen molar-refractivity contribution in [3.63, 3.8) is 0 Å². The fourth-order valence-electron chi connectivity index (χ4n) is 3.13. The van der Waals surface area contributed by atoms with E-state index in [9.17, 15) is 14.4 Å². The first-order valence-corrected chi connectivity index (χ1v) is 7.45. The van der Waals surface area contributed by atoms with Crippen LogP contribution >= 0.6 is 0 Å². The average Bonchev–Trinajstić information content (AvgIpc) is 2.45. The highest BCUT2D eigenvalue weighted by Crippen LogP contribution is 2.38. The molecule has 0 aliphatic heterocycles. The Kier molecular flexibility index (Phi) is 3.06. The van der Waals surface area contributed by atoms with E-state index in [2.05, 4.69) is 0 Å². The first kappa shape index (κ1) is 14.6. The zero-order valence-electron chi connectivity index (χ0n) is 13.2. The van der Waals surface area contributed by atoms with Crippen molar-refractivity contribution in [2.24, 2.45) is 5.92 Å². The van der Waals surface area contributed by atoms with Crippen LogP contribution in [0.4, 0.5) is 0 Å². The lowest BCUT2D eigenvalue weighted by molar-refractivity contribution is -0.118. The smallest absolute Gasteiger partial charge is 0.234 e. The second-order valence-electron chi connectivity index (χ2n) is 6.73. The SMILES string of the molecule is CC(C)C1=Cc2ccc3c(c2C(=O)C1=O)C=CC(=O)C3(C)C. The third-order valence-electron chi connectivity index (χ3n) is 4.60. The van der Waals surface area contributed by atoms with E-state index in [0.717, 1.165) is 11.1 Å². The van der Waals surface area contributed by atoms with E-state index < -0.39 is 17.0 Å². The van der Waals surface area contributed by atoms with Gasteiger partial charge in [-0.3, -0.25) is 14.4 Å². The molecule has 0 atom stereocenters. The van der Waals surface area contributed by atoms with Crippen molar-refractivity contribution in [2.45, 2.75) is 33.1 Å². The quantitative estimate of drug-likeness (QED) is 0.746. The number of allylic oxidation sites excluding steroid dienone is 2. The Labute approximate surface area is 129 Å². The van der Waals surface area contributed by atoms with E-state index in [4.69, 9.17) is 0 Å². The first-order chi connectivity index (χ1) is 10.2. The van der Waals surface area contributed by atoms with Crippen LogP contribution in [0.1, 0.15) is 54.7 Å². The lowest BCUT2D eigenvalue weighted by Crippen LogP contribution is -2.33. The summed E-state index contributed by atoms with van der Waals surface area (Å²) in [5, 5.41) is 0. The largest absolute Gasteiger partial charge is 0.294 e. The van der Waals surface area contributed by atoms with E-state index in [1.807, 2.05) is 39.8 Å². The highest BCUT2D eigenvalue weighted by molar-refractivity contribution is 6.52. The molecule has 0 saturated heterocycles. The Bertz CT molecular complexity index is 789. The van der Waals surface area contributed by atoms with Crippen molar-refractivity contribution in [2.75, 3.05) is 0 Å². The number of hydrogen-bond donors (Lipinski definition) is 0. The minimum Gasteiger partial charge on any atom is -0.294 e. The molecule has 0 unspecified atom stereocenters. The number of rotatable bonds is 1. The predicted molar refractivity (Wildman–Crippen MR) is 85.7 cm³/mol. The maximum atomic E-state index is 12.6. The molecular weight excluding hydrogens is 276 g/mol. The minimum atomic E-state index is -0.676. The molecule has 3 rings (SSSR count). The number of fused-ring (bicyclic) bond motifs is 3. The van der Waals surface area contributed by atoms with Crippen LogP contribution in [0, 0.1) is 5.92 Å². The molecule has 1 aromatic carbocycles. The molecule has 3 nitrogen and oxygen atoms in total. The Morgan fingerprint density at radius 2 is 1.64 bits per heavy atom. The van der Waals surface area contributed by atoms with E-state index in [1.54, 1.807) is 12.2 Å². The Balaban J connectivity index is 2.31. The fraction of sp³-hybridized carbons (Fsp3) is 0.316. The molecule has 0 amide bonds. The van der Waals surface area contributed by atoms with Crippen molar-refractivity contribution in [3.8, 4) is 0 Å². The summed E-state index contributed by atoms with van der Waals surface area (Å²) in [6.07, 6.45) is 4.98. The summed E-state index contributed by atoms with van der Waals surface area (Å²) >= 11 is 0. The summed E-state index contributed by atoms with van der Waals surface area (Å²) in [4.78, 5) is 37.0. The van der Waals surface area contributed by atoms with Gasteiger partial charge in [-0.2, -0.15) is 0 Å². The molecule has 112 valence electrons. The highest BCUT2D eigenvalue weighted by Gasteiger charge is 2.37. The van der Waals surface area contributed by atoms with Crippen LogP contribution in [0.3, 0.4) is 0 Å². The van der Waals surface area contributed by atoms with Crippen molar-refractivity contribution in [3.05, 3.63) is 46.0 Å². The van der Waals surface area contributed by atoms with Gasteiger partial charge in [0.15, 0.2) is 5.78 Å². The average molecular weight is 294 g/mol. The third kappa shape index (κ3) is 1.85. The number of carbonyl (C=O) groups excluding carboxylic acids is 3. The van der Waals surface area contributed by atoms with Gasteiger partial charge in [0, 0.05) is 11.1 Å². The molecule has 0 fully saturated rings. The standard InChI is InChI=1S/C19H18O3/c1-10(2)13-9-11-5-7-14-12(16(11)18(22)17(13)21)6-8-15(20)19(14,3)4/h5-10H,1-4H3. The molecule has 2 aliphatic carbocycles. The molecule has 0 N–H and O–H groups in total. The lowest BCUT2D eigenvalue weighted by atomic mass is 9.71. The fourth-order valence-corrected chi connectivity index (χ4v) is 3.13. The van der Waals surface area contributed by atoms with Crippen LogP contribution in [-0.2, 0) is 15.0 Å². The third-order valence-corrected chi connectivity index (χ3v) is 4.60. The molecular formula is C19H18O3. The summed E-state index contributed by atoms with van der Waals surface area (Å²) in [5.41, 5.74) is 2.59. The van der Waals surface area contributed by atoms with Crippen LogP contribution in [0.5, 0.6) is 0 Å². The molecule has 3 heteroatoms. The van der Waals surface area contributed by atoms with Gasteiger partial charge in [0.05, 0.1) is 5.41 Å². The lowest BCUT2D eigenvalue weighted by Gasteiger charge is -2.30. The van der Waals surface area contributed by atoms with Gasteiger partial charge in [-0.15, -0.1) is 0 Å². The van der Waals surface area contributed by atoms with Gasteiger partial charge >= 0.3 is 0 Å². The van der Waals surface area contributed by atoms with Gasteiger partial charge in [0.1, 0.15) is 0 Å². The van der Waals surface area contributed by atoms with E-state index in [0.29, 0.717) is 16.7 Å². The second kappa shape index (κ2) is 4.60. The zero-order chi connectivity index (χ0) is 16.2. The molecule has 0 radical (unpaired) electrons. The Morgan fingerprint density at radius 3 is 2.27 bits per heavy atom. The van der Waals surface area contributed by atoms with Crippen LogP contribution in [0.25, 0.3) is 12.2 Å². The van der Waals surface area contributed by atoms with Crippen molar-refractivity contribution in [1.82, 2.24) is 0 Å². The van der Waals surface area contributed by atoms with Gasteiger partial charge in [-0.1, -0.05) is 32.1 Å². The number of ketones is 3. The summed E-state index contributed by atoms with van der Waals surface area (Å²) in [7, 11) is 0. The predicted octanol–water partition coefficient (Wildman–Crippen LogP) is 3.36. The molecule has 0 bridgehead atoms. The molecule has 1 aromatic rings. The molecule has 0 heterocycles. The zero-order valence-corrected chi connectivity index (χ0v) is 13.2. The van der Waals surface area contributed by atoms with Gasteiger partial charge in [0.2, 0.25) is 11.6 Å². The number of Topliss-reactive ketones (excluding diaryl/α,β-unsaturated/α-hetero) is 2. The summed E-state index contributed by atoms with van der Waals surface area (Å²) in [6.45, 7) is 7.49. The second-order valence-corrected chi connectivity index (χ2v) is 6.73. The molecule has 2 aliphatic rings. The normalized spacial score (nSPS) is 19.1. The molecule has 0 spiro atoms. The van der Waals surface area contributed by atoms with Gasteiger partial charge < -0.3 is 0 Å². The van der Waals surface area contributed by atoms with Gasteiger partial charge in [-0.05, 0) is 48.6 Å². The van der Waals surface area contributed by atoms with Gasteiger partial charge in [-0.25, -0.2) is 0 Å². The van der Waals surface area contributed by atoms with E-state index >= 15 is 0 Å². The summed E-state index contributed by atoms with van der Waals surface area (Å²) < 4.78 is 0. The molecule has 0 saturated carbocycles. The highest BCUT2D eigenvalue weighted by atomic mass is 16.2. The Morgan fingerprint density at radius 1 is 0.955 bits per heavy atom. The number of carbonyl (C=O) groups is 3. The Hall–Kier alpha value is -2.29. The van der Waals surface area contributed by atoms with Crippen molar-refractivity contribution < 1.29 is 14.4 Å².